The predicted molar refractivity (Wildman–Crippen MR) is 89.2 cm³/mol. The minimum absolute atomic E-state index is 0.192. The number of carboxylic acids is 1. The summed E-state index contributed by atoms with van der Waals surface area (Å²) in [4.78, 5) is 25.4. The van der Waals surface area contributed by atoms with Gasteiger partial charge in [0, 0.05) is 13.5 Å². The summed E-state index contributed by atoms with van der Waals surface area (Å²) < 4.78 is 0. The van der Waals surface area contributed by atoms with Crippen LogP contribution in [0.2, 0.25) is 0 Å². The van der Waals surface area contributed by atoms with Crippen LogP contribution in [0.25, 0.3) is 0 Å². The fourth-order valence-corrected chi connectivity index (χ4v) is 2.50. The number of hydrogen-bond donors (Lipinski definition) is 1. The first kappa shape index (κ1) is 16.7. The Morgan fingerprint density at radius 3 is 2.26 bits per heavy atom. The largest absolute Gasteiger partial charge is 0.480 e. The molecule has 0 bridgehead atoms. The molecular weight excluding hydrogens is 290 g/mol. The van der Waals surface area contributed by atoms with E-state index in [2.05, 4.69) is 0 Å². The highest BCUT2D eigenvalue weighted by Crippen LogP contribution is 2.13. The molecule has 23 heavy (non-hydrogen) atoms. The smallest absolute Gasteiger partial charge is 0.326 e. The third kappa shape index (κ3) is 4.42. The maximum atomic E-state index is 12.5. The first-order valence-corrected chi connectivity index (χ1v) is 7.56. The number of carboxylic acid groups (broad SMARTS) is 1. The third-order valence-corrected chi connectivity index (χ3v) is 4.02. The Morgan fingerprint density at radius 2 is 1.65 bits per heavy atom. The number of rotatable bonds is 6. The molecule has 2 aromatic carbocycles. The summed E-state index contributed by atoms with van der Waals surface area (Å²) >= 11 is 0. The second-order valence-electron chi connectivity index (χ2n) is 5.65. The topological polar surface area (TPSA) is 57.6 Å². The van der Waals surface area contributed by atoms with Gasteiger partial charge < -0.3 is 10.0 Å². The number of nitrogens with zero attached hydrogens (tertiary/aromatic N) is 1. The van der Waals surface area contributed by atoms with Crippen molar-refractivity contribution in [3.8, 4) is 0 Å². The number of carbonyl (C=O) groups is 2. The number of carbonyl (C=O) groups excluding carboxylic acids is 1. The highest BCUT2D eigenvalue weighted by molar-refractivity contribution is 5.85. The van der Waals surface area contributed by atoms with Crippen LogP contribution in [0.3, 0.4) is 0 Å². The zero-order valence-electron chi connectivity index (χ0n) is 13.4. The first-order chi connectivity index (χ1) is 11.0. The van der Waals surface area contributed by atoms with Gasteiger partial charge in [-0.05, 0) is 23.6 Å². The number of likely N-dealkylation sites (N-methyl/N-ethyl adjacent to an activating group) is 1. The van der Waals surface area contributed by atoms with Crippen LogP contribution in [0.4, 0.5) is 0 Å². The van der Waals surface area contributed by atoms with Gasteiger partial charge in [-0.25, -0.2) is 4.79 Å². The minimum Gasteiger partial charge on any atom is -0.480 e. The number of aryl methyl sites for hydroxylation is 1. The van der Waals surface area contributed by atoms with Gasteiger partial charge in [-0.2, -0.15) is 0 Å². The molecule has 0 heterocycles. The van der Waals surface area contributed by atoms with Crippen molar-refractivity contribution in [3.63, 3.8) is 0 Å². The third-order valence-electron chi connectivity index (χ3n) is 4.02. The molecule has 2 rings (SSSR count). The molecule has 1 N–H and O–H groups in total. The average Bonchev–Trinajstić information content (AvgIpc) is 2.54. The summed E-state index contributed by atoms with van der Waals surface area (Å²) in [5, 5.41) is 9.48. The van der Waals surface area contributed by atoms with E-state index in [0.717, 1.165) is 16.7 Å². The van der Waals surface area contributed by atoms with E-state index in [9.17, 15) is 14.7 Å². The lowest BCUT2D eigenvalue weighted by Gasteiger charge is -2.25. The summed E-state index contributed by atoms with van der Waals surface area (Å²) in [5.41, 5.74) is 2.85. The van der Waals surface area contributed by atoms with Crippen molar-refractivity contribution in [3.05, 3.63) is 71.3 Å². The van der Waals surface area contributed by atoms with Gasteiger partial charge in [0.2, 0.25) is 5.91 Å². The Morgan fingerprint density at radius 1 is 1.04 bits per heavy atom. The average molecular weight is 311 g/mol. The van der Waals surface area contributed by atoms with Gasteiger partial charge in [-0.1, -0.05) is 54.6 Å². The standard InChI is InChI=1S/C19H21NO3/c1-14-8-6-7-11-16(14)13-18(21)20(2)17(19(22)23)12-15-9-4-3-5-10-15/h3-11,17H,12-13H2,1-2H3,(H,22,23). The van der Waals surface area contributed by atoms with E-state index in [-0.39, 0.29) is 12.3 Å². The van der Waals surface area contributed by atoms with E-state index < -0.39 is 12.0 Å². The van der Waals surface area contributed by atoms with Gasteiger partial charge in [0.1, 0.15) is 6.04 Å². The molecule has 1 unspecified atom stereocenters. The zero-order valence-corrected chi connectivity index (χ0v) is 13.4. The van der Waals surface area contributed by atoms with E-state index in [0.29, 0.717) is 6.42 Å². The molecule has 120 valence electrons. The lowest BCUT2D eigenvalue weighted by Crippen LogP contribution is -2.44. The van der Waals surface area contributed by atoms with E-state index in [1.807, 2.05) is 61.5 Å². The van der Waals surface area contributed by atoms with Crippen molar-refractivity contribution in [2.45, 2.75) is 25.8 Å². The van der Waals surface area contributed by atoms with E-state index >= 15 is 0 Å². The fraction of sp³-hybridized carbons (Fsp3) is 0.263. The lowest BCUT2D eigenvalue weighted by atomic mass is 10.0. The molecule has 0 fully saturated rings. The van der Waals surface area contributed by atoms with E-state index in [4.69, 9.17) is 0 Å². The van der Waals surface area contributed by atoms with Crippen LogP contribution in [0, 0.1) is 6.92 Å². The van der Waals surface area contributed by atoms with E-state index in [1.165, 1.54) is 4.90 Å². The highest BCUT2D eigenvalue weighted by atomic mass is 16.4. The Bertz CT molecular complexity index is 682. The van der Waals surface area contributed by atoms with Crippen LogP contribution in [0.1, 0.15) is 16.7 Å². The summed E-state index contributed by atoms with van der Waals surface area (Å²) in [6.07, 6.45) is 0.508. The second-order valence-corrected chi connectivity index (χ2v) is 5.65. The maximum Gasteiger partial charge on any atom is 0.326 e. The van der Waals surface area contributed by atoms with Gasteiger partial charge in [-0.3, -0.25) is 4.79 Å². The first-order valence-electron chi connectivity index (χ1n) is 7.56. The molecular formula is C19H21NO3. The zero-order chi connectivity index (χ0) is 16.8. The number of aliphatic carboxylic acids is 1. The van der Waals surface area contributed by atoms with Gasteiger partial charge in [0.05, 0.1) is 6.42 Å². The van der Waals surface area contributed by atoms with Crippen molar-refractivity contribution < 1.29 is 14.7 Å². The van der Waals surface area contributed by atoms with Crippen molar-refractivity contribution in [2.75, 3.05) is 7.05 Å². The molecule has 2 aromatic rings. The van der Waals surface area contributed by atoms with Crippen LogP contribution >= 0.6 is 0 Å². The fourth-order valence-electron chi connectivity index (χ4n) is 2.50. The van der Waals surface area contributed by atoms with Crippen LogP contribution < -0.4 is 0 Å². The summed E-state index contributed by atoms with van der Waals surface area (Å²) in [5.74, 6) is -1.18. The molecule has 1 amide bonds. The summed E-state index contributed by atoms with van der Waals surface area (Å²) in [7, 11) is 1.56. The van der Waals surface area contributed by atoms with Gasteiger partial charge >= 0.3 is 5.97 Å². The summed E-state index contributed by atoms with van der Waals surface area (Å²) in [6, 6.07) is 16.1. The molecule has 4 nitrogen and oxygen atoms in total. The Hall–Kier alpha value is -2.62. The minimum atomic E-state index is -0.991. The van der Waals surface area contributed by atoms with Gasteiger partial charge in [0.15, 0.2) is 0 Å². The molecule has 1 atom stereocenters. The van der Waals surface area contributed by atoms with E-state index in [1.54, 1.807) is 7.05 Å². The van der Waals surface area contributed by atoms with Crippen LogP contribution in [0.5, 0.6) is 0 Å². The van der Waals surface area contributed by atoms with Crippen LogP contribution in [0.15, 0.2) is 54.6 Å². The number of hydrogen-bond acceptors (Lipinski definition) is 2. The monoisotopic (exact) mass is 311 g/mol. The van der Waals surface area contributed by atoms with Gasteiger partial charge in [-0.15, -0.1) is 0 Å². The molecule has 4 heteroatoms. The lowest BCUT2D eigenvalue weighted by molar-refractivity contribution is -0.148. The number of amides is 1. The second kappa shape index (κ2) is 7.58. The van der Waals surface area contributed by atoms with Crippen molar-refractivity contribution in [1.29, 1.82) is 0 Å². The number of benzene rings is 2. The molecule has 0 saturated carbocycles. The van der Waals surface area contributed by atoms with Crippen molar-refractivity contribution in [2.24, 2.45) is 0 Å². The Kier molecular flexibility index (Phi) is 5.52. The quantitative estimate of drug-likeness (QED) is 0.892. The maximum absolute atomic E-state index is 12.5. The molecule has 0 radical (unpaired) electrons. The van der Waals surface area contributed by atoms with Crippen molar-refractivity contribution >= 4 is 11.9 Å². The SMILES string of the molecule is Cc1ccccc1CC(=O)N(C)C(Cc1ccccc1)C(=O)O. The van der Waals surface area contributed by atoms with Crippen LogP contribution in [-0.4, -0.2) is 35.0 Å². The molecule has 0 saturated heterocycles. The van der Waals surface area contributed by atoms with Crippen molar-refractivity contribution in [1.82, 2.24) is 4.90 Å². The van der Waals surface area contributed by atoms with Crippen LogP contribution in [-0.2, 0) is 22.4 Å². The Balaban J connectivity index is 2.11. The molecule has 0 aromatic heterocycles. The molecule has 0 aliphatic rings. The van der Waals surface area contributed by atoms with Gasteiger partial charge in [0.25, 0.3) is 0 Å². The highest BCUT2D eigenvalue weighted by Gasteiger charge is 2.26. The normalized spacial score (nSPS) is 11.7. The summed E-state index contributed by atoms with van der Waals surface area (Å²) in [6.45, 7) is 1.95. The predicted octanol–water partition coefficient (Wildman–Crippen LogP) is 2.69. The Labute approximate surface area is 136 Å². The molecule has 0 spiro atoms. The molecule has 0 aliphatic heterocycles. The molecule has 0 aliphatic carbocycles.